The van der Waals surface area contributed by atoms with E-state index in [1.54, 1.807) is 0 Å². The smallest absolute Gasteiger partial charge is 0.0827 e. The second kappa shape index (κ2) is 4.58. The van der Waals surface area contributed by atoms with E-state index >= 15 is 0 Å². The van der Waals surface area contributed by atoms with Crippen LogP contribution in [0.15, 0.2) is 30.3 Å². The van der Waals surface area contributed by atoms with Crippen molar-refractivity contribution in [1.82, 2.24) is 0 Å². The van der Waals surface area contributed by atoms with Gasteiger partial charge >= 0.3 is 0 Å². The zero-order valence-corrected chi connectivity index (χ0v) is 9.77. The molecule has 0 spiro atoms. The molecule has 1 aliphatic heterocycles. The van der Waals surface area contributed by atoms with Crippen molar-refractivity contribution in [2.75, 3.05) is 6.61 Å². The molecular formula is C15H20O. The molecule has 1 nitrogen and oxygen atoms in total. The van der Waals surface area contributed by atoms with Crippen molar-refractivity contribution >= 4 is 0 Å². The van der Waals surface area contributed by atoms with Gasteiger partial charge in [0.1, 0.15) is 0 Å². The first-order valence-electron chi connectivity index (χ1n) is 6.60. The largest absolute Gasteiger partial charge is 0.373 e. The molecule has 3 atom stereocenters. The fourth-order valence-corrected chi connectivity index (χ4v) is 3.30. The van der Waals surface area contributed by atoms with Gasteiger partial charge < -0.3 is 4.74 Å². The number of rotatable bonds is 1. The Bertz CT molecular complexity index is 333. The third-order valence-electron chi connectivity index (χ3n) is 4.27. The Morgan fingerprint density at radius 3 is 2.50 bits per heavy atom. The first kappa shape index (κ1) is 10.3. The molecule has 1 saturated heterocycles. The molecule has 0 radical (unpaired) electrons. The first-order valence-corrected chi connectivity index (χ1v) is 6.60. The van der Waals surface area contributed by atoms with Crippen LogP contribution < -0.4 is 0 Å². The Hall–Kier alpha value is -0.820. The van der Waals surface area contributed by atoms with E-state index in [2.05, 4.69) is 30.3 Å². The van der Waals surface area contributed by atoms with Gasteiger partial charge in [-0.1, -0.05) is 43.2 Å². The Morgan fingerprint density at radius 2 is 1.69 bits per heavy atom. The number of hydrogen-bond donors (Lipinski definition) is 0. The molecule has 16 heavy (non-hydrogen) atoms. The normalized spacial score (nSPS) is 34.4. The van der Waals surface area contributed by atoms with E-state index in [0.717, 1.165) is 18.4 Å². The highest BCUT2D eigenvalue weighted by Crippen LogP contribution is 2.41. The van der Waals surface area contributed by atoms with Crippen LogP contribution in [0.1, 0.15) is 43.8 Å². The maximum atomic E-state index is 6.03. The lowest BCUT2D eigenvalue weighted by atomic mass is 9.74. The number of fused-ring (bicyclic) bond motifs is 1. The molecule has 3 rings (SSSR count). The topological polar surface area (TPSA) is 9.23 Å². The predicted octanol–water partition coefficient (Wildman–Crippen LogP) is 3.95. The lowest BCUT2D eigenvalue weighted by molar-refractivity contribution is -0.0612. The average Bonchev–Trinajstić information content (AvgIpc) is 2.39. The summed E-state index contributed by atoms with van der Waals surface area (Å²) in [5.41, 5.74) is 1.37. The molecule has 1 aromatic carbocycles. The molecular weight excluding hydrogens is 196 g/mol. The summed E-state index contributed by atoms with van der Waals surface area (Å²) < 4.78 is 6.03. The van der Waals surface area contributed by atoms with Crippen molar-refractivity contribution in [3.63, 3.8) is 0 Å². The summed E-state index contributed by atoms with van der Waals surface area (Å²) in [5.74, 6) is 1.78. The Labute approximate surface area is 97.8 Å². The van der Waals surface area contributed by atoms with Crippen LogP contribution in [0.2, 0.25) is 0 Å². The third kappa shape index (κ3) is 2.01. The summed E-state index contributed by atoms with van der Waals surface area (Å²) in [4.78, 5) is 0. The minimum Gasteiger partial charge on any atom is -0.373 e. The van der Waals surface area contributed by atoms with Gasteiger partial charge in [0.15, 0.2) is 0 Å². The maximum absolute atomic E-state index is 6.03. The standard InChI is InChI=1S/C15H20O/c1-2-6-12(7-3-1)15-10-13-8-4-5-9-14(13)11-16-15/h1-3,6-7,13-15H,4-5,8-11H2/t13-,14+,15-/m0/s1. The monoisotopic (exact) mass is 216 g/mol. The van der Waals surface area contributed by atoms with Crippen molar-refractivity contribution in [3.8, 4) is 0 Å². The first-order chi connectivity index (χ1) is 7.93. The summed E-state index contributed by atoms with van der Waals surface area (Å²) >= 11 is 0. The molecule has 1 aromatic rings. The molecule has 0 unspecified atom stereocenters. The highest BCUT2D eigenvalue weighted by Gasteiger charge is 2.33. The van der Waals surface area contributed by atoms with E-state index in [1.807, 2.05) is 0 Å². The van der Waals surface area contributed by atoms with E-state index in [4.69, 9.17) is 4.74 Å². The van der Waals surface area contributed by atoms with E-state index in [9.17, 15) is 0 Å². The van der Waals surface area contributed by atoms with Gasteiger partial charge in [-0.25, -0.2) is 0 Å². The van der Waals surface area contributed by atoms with Gasteiger partial charge in [0.05, 0.1) is 12.7 Å². The minimum absolute atomic E-state index is 0.362. The Kier molecular flexibility index (Phi) is 2.96. The van der Waals surface area contributed by atoms with Crippen LogP contribution in [0, 0.1) is 11.8 Å². The highest BCUT2D eigenvalue weighted by atomic mass is 16.5. The molecule has 0 bridgehead atoms. The van der Waals surface area contributed by atoms with E-state index in [-0.39, 0.29) is 0 Å². The van der Waals surface area contributed by atoms with Crippen molar-refractivity contribution in [3.05, 3.63) is 35.9 Å². The number of hydrogen-bond acceptors (Lipinski definition) is 1. The van der Waals surface area contributed by atoms with Crippen molar-refractivity contribution in [1.29, 1.82) is 0 Å². The third-order valence-corrected chi connectivity index (χ3v) is 4.27. The van der Waals surface area contributed by atoms with Crippen LogP contribution in [0.4, 0.5) is 0 Å². The lowest BCUT2D eigenvalue weighted by Gasteiger charge is -2.39. The molecule has 1 heteroatoms. The van der Waals surface area contributed by atoms with Gasteiger partial charge in [0, 0.05) is 0 Å². The van der Waals surface area contributed by atoms with Gasteiger partial charge in [-0.15, -0.1) is 0 Å². The molecule has 0 amide bonds. The summed E-state index contributed by atoms with van der Waals surface area (Å²) in [5, 5.41) is 0. The van der Waals surface area contributed by atoms with Crippen LogP contribution >= 0.6 is 0 Å². The molecule has 2 fully saturated rings. The van der Waals surface area contributed by atoms with Crippen LogP contribution in [0.3, 0.4) is 0 Å². The fraction of sp³-hybridized carbons (Fsp3) is 0.600. The van der Waals surface area contributed by atoms with E-state index < -0.39 is 0 Å². The molecule has 0 N–H and O–H groups in total. The summed E-state index contributed by atoms with van der Waals surface area (Å²) in [6.45, 7) is 0.990. The molecule has 1 saturated carbocycles. The number of ether oxygens (including phenoxy) is 1. The fourth-order valence-electron chi connectivity index (χ4n) is 3.30. The second-order valence-corrected chi connectivity index (χ2v) is 5.27. The zero-order chi connectivity index (χ0) is 10.8. The van der Waals surface area contributed by atoms with Gasteiger partial charge in [0.2, 0.25) is 0 Å². The SMILES string of the molecule is c1ccc([C@@H]2C[C@@H]3CCCC[C@@H]3CO2)cc1. The van der Waals surface area contributed by atoms with Crippen molar-refractivity contribution < 1.29 is 4.74 Å². The molecule has 86 valence electrons. The van der Waals surface area contributed by atoms with Crippen LogP contribution in [0.5, 0.6) is 0 Å². The molecule has 1 heterocycles. The van der Waals surface area contributed by atoms with Gasteiger partial charge in [0.25, 0.3) is 0 Å². The van der Waals surface area contributed by atoms with E-state index in [0.29, 0.717) is 6.10 Å². The molecule has 2 aliphatic rings. The Balaban J connectivity index is 1.71. The van der Waals surface area contributed by atoms with Crippen LogP contribution in [0.25, 0.3) is 0 Å². The minimum atomic E-state index is 0.362. The van der Waals surface area contributed by atoms with Crippen LogP contribution in [-0.2, 0) is 4.74 Å². The number of benzene rings is 1. The zero-order valence-electron chi connectivity index (χ0n) is 9.77. The average molecular weight is 216 g/mol. The lowest BCUT2D eigenvalue weighted by Crippen LogP contribution is -2.31. The predicted molar refractivity (Wildman–Crippen MR) is 65.2 cm³/mol. The second-order valence-electron chi connectivity index (χ2n) is 5.27. The summed E-state index contributed by atoms with van der Waals surface area (Å²) in [7, 11) is 0. The van der Waals surface area contributed by atoms with Gasteiger partial charge in [-0.05, 0) is 36.7 Å². The quantitative estimate of drug-likeness (QED) is 0.690. The molecule has 0 aromatic heterocycles. The maximum Gasteiger partial charge on any atom is 0.0827 e. The van der Waals surface area contributed by atoms with Crippen molar-refractivity contribution in [2.45, 2.75) is 38.2 Å². The van der Waals surface area contributed by atoms with Gasteiger partial charge in [-0.2, -0.15) is 0 Å². The van der Waals surface area contributed by atoms with Crippen LogP contribution in [-0.4, -0.2) is 6.61 Å². The van der Waals surface area contributed by atoms with E-state index in [1.165, 1.54) is 37.7 Å². The Morgan fingerprint density at radius 1 is 0.938 bits per heavy atom. The summed E-state index contributed by atoms with van der Waals surface area (Å²) in [6, 6.07) is 10.7. The van der Waals surface area contributed by atoms with Crippen molar-refractivity contribution in [2.24, 2.45) is 11.8 Å². The van der Waals surface area contributed by atoms with Gasteiger partial charge in [-0.3, -0.25) is 0 Å². The summed E-state index contributed by atoms with van der Waals surface area (Å²) in [6.07, 6.45) is 7.28. The highest BCUT2D eigenvalue weighted by molar-refractivity contribution is 5.18. The molecule has 1 aliphatic carbocycles.